The minimum atomic E-state index is -3.95. The number of hydrogen-bond donors (Lipinski definition) is 1. The van der Waals surface area contributed by atoms with Gasteiger partial charge in [0.1, 0.15) is 5.75 Å². The molecule has 0 saturated carbocycles. The van der Waals surface area contributed by atoms with E-state index in [2.05, 4.69) is 5.32 Å². The second-order valence-electron chi connectivity index (χ2n) is 7.79. The summed E-state index contributed by atoms with van der Waals surface area (Å²) in [6, 6.07) is 18.2. The van der Waals surface area contributed by atoms with Gasteiger partial charge in [0, 0.05) is 11.6 Å². The van der Waals surface area contributed by atoms with Gasteiger partial charge in [-0.25, -0.2) is 8.42 Å². The molecule has 1 aliphatic heterocycles. The number of rotatable bonds is 8. The fraction of sp³-hybridized carbons (Fsp3) is 0.240. The Morgan fingerprint density at radius 2 is 1.77 bits per heavy atom. The molecular formula is C25H25ClN2O6S. The van der Waals surface area contributed by atoms with Crippen molar-refractivity contribution in [2.75, 3.05) is 31.6 Å². The summed E-state index contributed by atoms with van der Waals surface area (Å²) >= 11 is 5.92. The van der Waals surface area contributed by atoms with Crippen LogP contribution in [0.15, 0.2) is 71.6 Å². The highest BCUT2D eigenvalue weighted by Crippen LogP contribution is 2.37. The lowest BCUT2D eigenvalue weighted by molar-refractivity contribution is -0.127. The van der Waals surface area contributed by atoms with E-state index in [0.29, 0.717) is 40.9 Å². The SMILES string of the molecule is COc1ccc(CCNC(=O)C2CN(S(=O)(=O)c3ccc(Cl)cc3)c3ccccc3O2)cc1OC. The first kappa shape index (κ1) is 24.7. The van der Waals surface area contributed by atoms with Crippen molar-refractivity contribution in [3.05, 3.63) is 77.3 Å². The number of ether oxygens (including phenoxy) is 3. The molecule has 0 aromatic heterocycles. The molecule has 0 bridgehead atoms. The van der Waals surface area contributed by atoms with Gasteiger partial charge in [-0.15, -0.1) is 0 Å². The first-order valence-corrected chi connectivity index (χ1v) is 12.7. The zero-order valence-electron chi connectivity index (χ0n) is 19.2. The summed E-state index contributed by atoms with van der Waals surface area (Å²) in [6.07, 6.45) is -0.472. The van der Waals surface area contributed by atoms with Gasteiger partial charge < -0.3 is 19.5 Å². The van der Waals surface area contributed by atoms with Gasteiger partial charge in [0.2, 0.25) is 0 Å². The van der Waals surface area contributed by atoms with E-state index in [9.17, 15) is 13.2 Å². The lowest BCUT2D eigenvalue weighted by Gasteiger charge is -2.34. The van der Waals surface area contributed by atoms with Crippen LogP contribution < -0.4 is 23.8 Å². The van der Waals surface area contributed by atoms with Crippen molar-refractivity contribution in [2.24, 2.45) is 0 Å². The van der Waals surface area contributed by atoms with Gasteiger partial charge >= 0.3 is 0 Å². The minimum absolute atomic E-state index is 0.0752. The number of sulfonamides is 1. The molecule has 1 atom stereocenters. The quantitative estimate of drug-likeness (QED) is 0.491. The smallest absolute Gasteiger partial charge is 0.264 e. The van der Waals surface area contributed by atoms with Crippen molar-refractivity contribution in [3.63, 3.8) is 0 Å². The van der Waals surface area contributed by atoms with Gasteiger partial charge in [-0.1, -0.05) is 29.8 Å². The van der Waals surface area contributed by atoms with Gasteiger partial charge in [0.05, 0.1) is 31.3 Å². The Bertz CT molecular complexity index is 1310. The average molecular weight is 517 g/mol. The van der Waals surface area contributed by atoms with Crippen molar-refractivity contribution < 1.29 is 27.4 Å². The van der Waals surface area contributed by atoms with Crippen LogP contribution in [0.5, 0.6) is 17.2 Å². The molecule has 10 heteroatoms. The van der Waals surface area contributed by atoms with Crippen LogP contribution in [0.2, 0.25) is 5.02 Å². The number of nitrogens with one attached hydrogen (secondary N) is 1. The molecular weight excluding hydrogens is 492 g/mol. The van der Waals surface area contributed by atoms with Crippen molar-refractivity contribution in [2.45, 2.75) is 17.4 Å². The summed E-state index contributed by atoms with van der Waals surface area (Å²) in [5.41, 5.74) is 1.32. The number of benzene rings is 3. The molecule has 0 spiro atoms. The lowest BCUT2D eigenvalue weighted by Crippen LogP contribution is -2.51. The van der Waals surface area contributed by atoms with E-state index < -0.39 is 22.0 Å². The van der Waals surface area contributed by atoms with E-state index in [4.69, 9.17) is 25.8 Å². The fourth-order valence-corrected chi connectivity index (χ4v) is 5.38. The lowest BCUT2D eigenvalue weighted by atomic mass is 10.1. The van der Waals surface area contributed by atoms with Crippen LogP contribution >= 0.6 is 11.6 Å². The molecule has 0 radical (unpaired) electrons. The number of amides is 1. The Morgan fingerprint density at radius 1 is 1.06 bits per heavy atom. The highest BCUT2D eigenvalue weighted by Gasteiger charge is 2.37. The van der Waals surface area contributed by atoms with E-state index in [1.54, 1.807) is 44.6 Å². The van der Waals surface area contributed by atoms with Gasteiger partial charge in [-0.05, 0) is 60.5 Å². The summed E-state index contributed by atoms with van der Waals surface area (Å²) in [7, 11) is -0.821. The maximum atomic E-state index is 13.4. The Morgan fingerprint density at radius 3 is 2.49 bits per heavy atom. The van der Waals surface area contributed by atoms with Crippen molar-refractivity contribution in [1.29, 1.82) is 0 Å². The molecule has 184 valence electrons. The third kappa shape index (κ3) is 5.31. The Balaban J connectivity index is 1.49. The molecule has 1 unspecified atom stereocenters. The molecule has 0 saturated heterocycles. The van der Waals surface area contributed by atoms with E-state index in [1.165, 1.54) is 28.6 Å². The molecule has 3 aromatic rings. The molecule has 35 heavy (non-hydrogen) atoms. The Hall–Kier alpha value is -3.43. The molecule has 4 rings (SSSR count). The topological polar surface area (TPSA) is 94.2 Å². The monoisotopic (exact) mass is 516 g/mol. The van der Waals surface area contributed by atoms with Crippen molar-refractivity contribution in [1.82, 2.24) is 5.32 Å². The normalized spacial score (nSPS) is 15.1. The van der Waals surface area contributed by atoms with Crippen molar-refractivity contribution in [3.8, 4) is 17.2 Å². The summed E-state index contributed by atoms with van der Waals surface area (Å²) in [5, 5.41) is 3.27. The highest BCUT2D eigenvalue weighted by molar-refractivity contribution is 7.92. The van der Waals surface area contributed by atoms with E-state index in [1.807, 2.05) is 12.1 Å². The number of nitrogens with zero attached hydrogens (tertiary/aromatic N) is 1. The Labute approximate surface area is 209 Å². The number of carbonyl (C=O) groups excluding carboxylic acids is 1. The number of fused-ring (bicyclic) bond motifs is 1. The van der Waals surface area contributed by atoms with E-state index >= 15 is 0 Å². The molecule has 0 fully saturated rings. The van der Waals surface area contributed by atoms with Crippen LogP contribution in [0.1, 0.15) is 5.56 Å². The number of carbonyl (C=O) groups is 1. The fourth-order valence-electron chi connectivity index (χ4n) is 3.78. The summed E-state index contributed by atoms with van der Waals surface area (Å²) in [4.78, 5) is 13.0. The number of anilines is 1. The number of halogens is 1. The number of hydrogen-bond acceptors (Lipinski definition) is 6. The second kappa shape index (κ2) is 10.5. The molecule has 0 aliphatic carbocycles. The summed E-state index contributed by atoms with van der Waals surface area (Å²) in [5.74, 6) is 1.13. The van der Waals surface area contributed by atoms with Crippen LogP contribution in [0.3, 0.4) is 0 Å². The summed E-state index contributed by atoms with van der Waals surface area (Å²) < 4.78 is 44.5. The zero-order valence-corrected chi connectivity index (χ0v) is 20.8. The standard InChI is InChI=1S/C25H25ClN2O6S/c1-32-22-12-7-17(15-23(22)33-2)13-14-27-25(29)24-16-28(20-5-3-4-6-21(20)34-24)35(30,31)19-10-8-18(26)9-11-19/h3-12,15,24H,13-14,16H2,1-2H3,(H,27,29). The molecule has 3 aromatic carbocycles. The summed E-state index contributed by atoms with van der Waals surface area (Å²) in [6.45, 7) is 0.171. The van der Waals surface area contributed by atoms with Crippen molar-refractivity contribution >= 4 is 33.2 Å². The predicted octanol–water partition coefficient (Wildman–Crippen LogP) is 3.67. The first-order chi connectivity index (χ1) is 16.8. The van der Waals surface area contributed by atoms with Crippen LogP contribution in [0.25, 0.3) is 0 Å². The van der Waals surface area contributed by atoms with Crippen LogP contribution in [0, 0.1) is 0 Å². The number of methoxy groups -OCH3 is 2. The maximum Gasteiger partial charge on any atom is 0.264 e. The van der Waals surface area contributed by atoms with E-state index in [-0.39, 0.29) is 11.4 Å². The molecule has 1 aliphatic rings. The number of para-hydroxylation sites is 2. The van der Waals surface area contributed by atoms with Gasteiger partial charge in [0.15, 0.2) is 17.6 Å². The molecule has 1 heterocycles. The predicted molar refractivity (Wildman–Crippen MR) is 133 cm³/mol. The highest BCUT2D eigenvalue weighted by atomic mass is 35.5. The van der Waals surface area contributed by atoms with Gasteiger partial charge in [-0.3, -0.25) is 9.10 Å². The largest absolute Gasteiger partial charge is 0.493 e. The molecule has 8 nitrogen and oxygen atoms in total. The third-order valence-corrected chi connectivity index (χ3v) is 7.64. The van der Waals surface area contributed by atoms with Crippen LogP contribution in [-0.2, 0) is 21.2 Å². The third-order valence-electron chi connectivity index (χ3n) is 5.59. The average Bonchev–Trinajstić information content (AvgIpc) is 2.88. The van der Waals surface area contributed by atoms with Crippen LogP contribution in [-0.4, -0.2) is 47.7 Å². The van der Waals surface area contributed by atoms with Gasteiger partial charge in [-0.2, -0.15) is 0 Å². The first-order valence-electron chi connectivity index (χ1n) is 10.9. The zero-order chi connectivity index (χ0) is 25.0. The molecule has 1 amide bonds. The van der Waals surface area contributed by atoms with E-state index in [0.717, 1.165) is 5.56 Å². The van der Waals surface area contributed by atoms with Crippen LogP contribution in [0.4, 0.5) is 5.69 Å². The Kier molecular flexibility index (Phi) is 7.37. The van der Waals surface area contributed by atoms with Gasteiger partial charge in [0.25, 0.3) is 15.9 Å². The maximum absolute atomic E-state index is 13.4. The molecule has 1 N–H and O–H groups in total. The second-order valence-corrected chi connectivity index (χ2v) is 10.1. The minimum Gasteiger partial charge on any atom is -0.493 e.